The third-order valence-electron chi connectivity index (χ3n) is 0.934. The van der Waals surface area contributed by atoms with E-state index in [1.807, 2.05) is 13.8 Å². The van der Waals surface area contributed by atoms with Crippen molar-refractivity contribution in [1.29, 1.82) is 0 Å². The first-order chi connectivity index (χ1) is 4.16. The summed E-state index contributed by atoms with van der Waals surface area (Å²) in [4.78, 5) is 9.69. The SMILES string of the molecule is CC(C)CC(N)OC=O. The Morgan fingerprint density at radius 2 is 2.22 bits per heavy atom. The van der Waals surface area contributed by atoms with Gasteiger partial charge in [-0.2, -0.15) is 0 Å². The standard InChI is InChI=1S/C6H13NO2/c1-5(2)3-6(7)9-4-8/h4-6H,3,7H2,1-2H3. The van der Waals surface area contributed by atoms with E-state index in [-0.39, 0.29) is 0 Å². The van der Waals surface area contributed by atoms with E-state index in [1.54, 1.807) is 0 Å². The molecule has 0 aromatic rings. The highest BCUT2D eigenvalue weighted by atomic mass is 16.5. The van der Waals surface area contributed by atoms with Crippen molar-refractivity contribution in [3.63, 3.8) is 0 Å². The molecule has 0 aliphatic rings. The molecule has 0 aromatic carbocycles. The van der Waals surface area contributed by atoms with Crippen LogP contribution in [0.5, 0.6) is 0 Å². The van der Waals surface area contributed by atoms with Crippen LogP contribution in [0.1, 0.15) is 20.3 Å². The average molecular weight is 131 g/mol. The van der Waals surface area contributed by atoms with Gasteiger partial charge in [-0.3, -0.25) is 10.5 Å². The second-order valence-electron chi connectivity index (χ2n) is 2.40. The fourth-order valence-electron chi connectivity index (χ4n) is 0.592. The Bertz CT molecular complexity index is 83.1. The molecular weight excluding hydrogens is 118 g/mol. The van der Waals surface area contributed by atoms with Gasteiger partial charge in [0.2, 0.25) is 0 Å². The van der Waals surface area contributed by atoms with Crippen molar-refractivity contribution >= 4 is 6.47 Å². The maximum atomic E-state index is 9.69. The van der Waals surface area contributed by atoms with Gasteiger partial charge in [0.1, 0.15) is 0 Å². The van der Waals surface area contributed by atoms with E-state index in [2.05, 4.69) is 4.74 Å². The molecular formula is C6H13NO2. The van der Waals surface area contributed by atoms with Crippen LogP contribution < -0.4 is 5.73 Å². The van der Waals surface area contributed by atoms with Crippen LogP contribution in [0.25, 0.3) is 0 Å². The first-order valence-corrected chi connectivity index (χ1v) is 3.01. The smallest absolute Gasteiger partial charge is 0.294 e. The van der Waals surface area contributed by atoms with Gasteiger partial charge in [-0.05, 0) is 5.92 Å². The van der Waals surface area contributed by atoms with Crippen LogP contribution in [0.3, 0.4) is 0 Å². The Hall–Kier alpha value is -0.570. The Kier molecular flexibility index (Phi) is 4.05. The minimum Gasteiger partial charge on any atom is -0.449 e. The summed E-state index contributed by atoms with van der Waals surface area (Å²) in [5, 5.41) is 0. The zero-order valence-electron chi connectivity index (χ0n) is 5.83. The molecule has 0 bridgehead atoms. The van der Waals surface area contributed by atoms with Crippen LogP contribution >= 0.6 is 0 Å². The lowest BCUT2D eigenvalue weighted by Gasteiger charge is -2.10. The summed E-state index contributed by atoms with van der Waals surface area (Å²) in [5.74, 6) is 0.472. The van der Waals surface area contributed by atoms with Crippen molar-refractivity contribution in [1.82, 2.24) is 0 Å². The molecule has 0 aliphatic heterocycles. The van der Waals surface area contributed by atoms with Gasteiger partial charge in [-0.25, -0.2) is 0 Å². The highest BCUT2D eigenvalue weighted by Crippen LogP contribution is 2.01. The quantitative estimate of drug-likeness (QED) is 0.446. The first-order valence-electron chi connectivity index (χ1n) is 3.01. The fourth-order valence-corrected chi connectivity index (χ4v) is 0.592. The Morgan fingerprint density at radius 3 is 2.56 bits per heavy atom. The predicted octanol–water partition coefficient (Wildman–Crippen LogP) is 0.490. The molecule has 0 aliphatic carbocycles. The molecule has 1 atom stereocenters. The maximum absolute atomic E-state index is 9.69. The van der Waals surface area contributed by atoms with Crippen molar-refractivity contribution in [2.45, 2.75) is 26.5 Å². The number of carbonyl (C=O) groups excluding carboxylic acids is 1. The van der Waals surface area contributed by atoms with Crippen LogP contribution in [0, 0.1) is 5.92 Å². The van der Waals surface area contributed by atoms with Gasteiger partial charge in [0.05, 0.1) is 0 Å². The molecule has 1 unspecified atom stereocenters. The fraction of sp³-hybridized carbons (Fsp3) is 0.833. The van der Waals surface area contributed by atoms with E-state index in [1.165, 1.54) is 0 Å². The topological polar surface area (TPSA) is 52.3 Å². The first kappa shape index (κ1) is 8.43. The lowest BCUT2D eigenvalue weighted by atomic mass is 10.1. The van der Waals surface area contributed by atoms with E-state index in [4.69, 9.17) is 5.73 Å². The lowest BCUT2D eigenvalue weighted by molar-refractivity contribution is -0.133. The van der Waals surface area contributed by atoms with Gasteiger partial charge in [-0.15, -0.1) is 0 Å². The molecule has 0 fully saturated rings. The highest BCUT2D eigenvalue weighted by molar-refractivity contribution is 5.37. The summed E-state index contributed by atoms with van der Waals surface area (Å²) in [6.45, 7) is 4.43. The van der Waals surface area contributed by atoms with Gasteiger partial charge in [0.25, 0.3) is 6.47 Å². The number of rotatable bonds is 4. The number of ether oxygens (including phenoxy) is 1. The summed E-state index contributed by atoms with van der Waals surface area (Å²) >= 11 is 0. The van der Waals surface area contributed by atoms with Crippen molar-refractivity contribution < 1.29 is 9.53 Å². The molecule has 3 nitrogen and oxygen atoms in total. The number of hydrogen-bond donors (Lipinski definition) is 1. The minimum atomic E-state index is -0.428. The normalized spacial score (nSPS) is 13.3. The van der Waals surface area contributed by atoms with Crippen LogP contribution in [0.15, 0.2) is 0 Å². The highest BCUT2D eigenvalue weighted by Gasteiger charge is 2.03. The third kappa shape index (κ3) is 5.30. The maximum Gasteiger partial charge on any atom is 0.294 e. The largest absolute Gasteiger partial charge is 0.449 e. The minimum absolute atomic E-state index is 0.382. The number of nitrogens with two attached hydrogens (primary N) is 1. The monoisotopic (exact) mass is 131 g/mol. The van der Waals surface area contributed by atoms with Crippen LogP contribution in [-0.2, 0) is 9.53 Å². The summed E-state index contributed by atoms with van der Waals surface area (Å²) in [6, 6.07) is 0. The molecule has 9 heavy (non-hydrogen) atoms. The second-order valence-corrected chi connectivity index (χ2v) is 2.40. The summed E-state index contributed by atoms with van der Waals surface area (Å²) < 4.78 is 4.45. The van der Waals surface area contributed by atoms with Gasteiger partial charge in [0, 0.05) is 6.42 Å². The lowest BCUT2D eigenvalue weighted by Crippen LogP contribution is -2.24. The number of hydrogen-bond acceptors (Lipinski definition) is 3. The van der Waals surface area contributed by atoms with Gasteiger partial charge in [0.15, 0.2) is 6.23 Å². The van der Waals surface area contributed by atoms with E-state index >= 15 is 0 Å². The Morgan fingerprint density at radius 1 is 1.67 bits per heavy atom. The van der Waals surface area contributed by atoms with Crippen LogP contribution in [-0.4, -0.2) is 12.7 Å². The number of carbonyl (C=O) groups is 1. The molecule has 3 heteroatoms. The zero-order chi connectivity index (χ0) is 7.28. The summed E-state index contributed by atoms with van der Waals surface area (Å²) in [7, 11) is 0. The van der Waals surface area contributed by atoms with Crippen LogP contribution in [0.4, 0.5) is 0 Å². The van der Waals surface area contributed by atoms with Gasteiger partial charge >= 0.3 is 0 Å². The predicted molar refractivity (Wildman–Crippen MR) is 34.6 cm³/mol. The van der Waals surface area contributed by atoms with E-state index in [0.717, 1.165) is 6.42 Å². The van der Waals surface area contributed by atoms with Gasteiger partial charge < -0.3 is 4.74 Å². The van der Waals surface area contributed by atoms with Crippen LogP contribution in [0.2, 0.25) is 0 Å². The Balaban J connectivity index is 3.25. The Labute approximate surface area is 55.2 Å². The van der Waals surface area contributed by atoms with E-state index in [0.29, 0.717) is 12.4 Å². The molecule has 0 rings (SSSR count). The van der Waals surface area contributed by atoms with Crippen molar-refractivity contribution in [3.8, 4) is 0 Å². The van der Waals surface area contributed by atoms with Crippen molar-refractivity contribution in [2.75, 3.05) is 0 Å². The van der Waals surface area contributed by atoms with Gasteiger partial charge in [-0.1, -0.05) is 13.8 Å². The second kappa shape index (κ2) is 4.32. The summed E-state index contributed by atoms with van der Waals surface area (Å²) in [5.41, 5.74) is 5.33. The molecule has 0 heterocycles. The molecule has 0 aromatic heterocycles. The molecule has 0 saturated carbocycles. The average Bonchev–Trinajstić information content (AvgIpc) is 1.63. The zero-order valence-corrected chi connectivity index (χ0v) is 5.83. The van der Waals surface area contributed by atoms with Crippen molar-refractivity contribution in [3.05, 3.63) is 0 Å². The van der Waals surface area contributed by atoms with E-state index in [9.17, 15) is 4.79 Å². The molecule has 2 N–H and O–H groups in total. The molecule has 0 radical (unpaired) electrons. The molecule has 0 spiro atoms. The molecule has 0 amide bonds. The third-order valence-corrected chi connectivity index (χ3v) is 0.934. The molecule has 0 saturated heterocycles. The van der Waals surface area contributed by atoms with Crippen molar-refractivity contribution in [2.24, 2.45) is 11.7 Å². The molecule has 54 valence electrons. The summed E-state index contributed by atoms with van der Waals surface area (Å²) in [6.07, 6.45) is 0.293. The van der Waals surface area contributed by atoms with E-state index < -0.39 is 6.23 Å².